The maximum Gasteiger partial charge on any atom is 0.335 e. The minimum atomic E-state index is -1.06. The SMILES string of the molecule is Nc1cc(N)c(O)c(-c2ccc(C(=O)O)cc2)c1O. The van der Waals surface area contributed by atoms with Crippen LogP contribution >= 0.6 is 0 Å². The van der Waals surface area contributed by atoms with E-state index < -0.39 is 5.97 Å². The molecule has 0 saturated carbocycles. The number of nitrogens with two attached hydrogens (primary N) is 2. The van der Waals surface area contributed by atoms with Crippen molar-refractivity contribution < 1.29 is 20.1 Å². The summed E-state index contributed by atoms with van der Waals surface area (Å²) in [7, 11) is 0. The molecule has 0 saturated heterocycles. The van der Waals surface area contributed by atoms with E-state index in [-0.39, 0.29) is 34.0 Å². The Bertz CT molecular complexity index is 624. The smallest absolute Gasteiger partial charge is 0.335 e. The zero-order valence-corrected chi connectivity index (χ0v) is 9.79. The zero-order valence-electron chi connectivity index (χ0n) is 9.79. The summed E-state index contributed by atoms with van der Waals surface area (Å²) in [6, 6.07) is 6.87. The van der Waals surface area contributed by atoms with Gasteiger partial charge in [-0.15, -0.1) is 0 Å². The minimum Gasteiger partial charge on any atom is -0.505 e. The first-order valence-electron chi connectivity index (χ1n) is 5.35. The van der Waals surface area contributed by atoms with Crippen LogP contribution in [0.1, 0.15) is 10.4 Å². The van der Waals surface area contributed by atoms with Gasteiger partial charge in [-0.1, -0.05) is 12.1 Å². The summed E-state index contributed by atoms with van der Waals surface area (Å²) in [6.07, 6.45) is 0. The predicted molar refractivity (Wildman–Crippen MR) is 71.0 cm³/mol. The highest BCUT2D eigenvalue weighted by Crippen LogP contribution is 2.44. The van der Waals surface area contributed by atoms with Crippen LogP contribution in [0.3, 0.4) is 0 Å². The van der Waals surface area contributed by atoms with Crippen molar-refractivity contribution in [3.05, 3.63) is 35.9 Å². The van der Waals surface area contributed by atoms with Gasteiger partial charge >= 0.3 is 5.97 Å². The van der Waals surface area contributed by atoms with E-state index in [9.17, 15) is 15.0 Å². The van der Waals surface area contributed by atoms with E-state index in [1.807, 2.05) is 0 Å². The van der Waals surface area contributed by atoms with Gasteiger partial charge in [-0.3, -0.25) is 0 Å². The number of aromatic carboxylic acids is 1. The number of phenolic OH excluding ortho intramolecular Hbond substituents is 2. The lowest BCUT2D eigenvalue weighted by Crippen LogP contribution is -1.97. The molecule has 0 fully saturated rings. The van der Waals surface area contributed by atoms with Crippen LogP contribution in [-0.4, -0.2) is 21.3 Å². The van der Waals surface area contributed by atoms with Gasteiger partial charge in [0, 0.05) is 0 Å². The van der Waals surface area contributed by atoms with Crippen molar-refractivity contribution in [1.82, 2.24) is 0 Å². The van der Waals surface area contributed by atoms with Crippen molar-refractivity contribution in [1.29, 1.82) is 0 Å². The molecular weight excluding hydrogens is 248 g/mol. The first kappa shape index (κ1) is 12.6. The maximum absolute atomic E-state index is 10.8. The van der Waals surface area contributed by atoms with Crippen molar-refractivity contribution in [3.8, 4) is 22.6 Å². The Morgan fingerprint density at radius 3 is 1.84 bits per heavy atom. The topological polar surface area (TPSA) is 130 Å². The molecule has 7 N–H and O–H groups in total. The summed E-state index contributed by atoms with van der Waals surface area (Å²) < 4.78 is 0. The molecule has 2 rings (SSSR count). The maximum atomic E-state index is 10.8. The van der Waals surface area contributed by atoms with Gasteiger partial charge in [0.2, 0.25) is 0 Å². The lowest BCUT2D eigenvalue weighted by molar-refractivity contribution is 0.0697. The monoisotopic (exact) mass is 260 g/mol. The zero-order chi connectivity index (χ0) is 14.2. The normalized spacial score (nSPS) is 10.3. The largest absolute Gasteiger partial charge is 0.505 e. The lowest BCUT2D eigenvalue weighted by atomic mass is 10.00. The van der Waals surface area contributed by atoms with E-state index in [1.54, 1.807) is 0 Å². The fourth-order valence-electron chi connectivity index (χ4n) is 1.76. The molecule has 0 radical (unpaired) electrons. The molecule has 0 spiro atoms. The van der Waals surface area contributed by atoms with E-state index in [1.165, 1.54) is 30.3 Å². The fraction of sp³-hybridized carbons (Fsp3) is 0. The molecule has 0 aliphatic heterocycles. The Kier molecular flexibility index (Phi) is 2.92. The van der Waals surface area contributed by atoms with Crippen LogP contribution in [-0.2, 0) is 0 Å². The summed E-state index contributed by atoms with van der Waals surface area (Å²) >= 11 is 0. The average Bonchev–Trinajstić information content (AvgIpc) is 2.37. The molecule has 2 aromatic carbocycles. The third-order valence-corrected chi connectivity index (χ3v) is 2.75. The molecule has 0 amide bonds. The number of carboxylic acid groups (broad SMARTS) is 1. The van der Waals surface area contributed by atoms with Crippen molar-refractivity contribution in [2.24, 2.45) is 0 Å². The molecule has 0 aliphatic carbocycles. The average molecular weight is 260 g/mol. The fourth-order valence-corrected chi connectivity index (χ4v) is 1.76. The molecule has 6 nitrogen and oxygen atoms in total. The standard InChI is InChI=1S/C13H12N2O4/c14-8-5-9(15)12(17)10(11(8)16)6-1-3-7(4-2-6)13(18)19/h1-5,16-17H,14-15H2,(H,18,19). The third kappa shape index (κ3) is 2.11. The van der Waals surface area contributed by atoms with Crippen molar-refractivity contribution in [2.75, 3.05) is 11.5 Å². The summed E-state index contributed by atoms with van der Waals surface area (Å²) in [5.41, 5.74) is 11.8. The highest BCUT2D eigenvalue weighted by Gasteiger charge is 2.16. The molecule has 0 aromatic heterocycles. The van der Waals surface area contributed by atoms with E-state index in [2.05, 4.69) is 0 Å². The number of phenols is 2. The first-order chi connectivity index (χ1) is 8.91. The molecular formula is C13H12N2O4. The second kappa shape index (κ2) is 4.41. The van der Waals surface area contributed by atoms with E-state index in [0.29, 0.717) is 5.56 Å². The van der Waals surface area contributed by atoms with Gasteiger partial charge in [0.05, 0.1) is 22.5 Å². The van der Waals surface area contributed by atoms with Gasteiger partial charge in [-0.05, 0) is 23.8 Å². The Hall–Kier alpha value is -2.89. The van der Waals surface area contributed by atoms with Gasteiger partial charge in [0.25, 0.3) is 0 Å². The summed E-state index contributed by atoms with van der Waals surface area (Å²) in [4.78, 5) is 10.8. The number of hydrogen-bond donors (Lipinski definition) is 5. The van der Waals surface area contributed by atoms with Gasteiger partial charge < -0.3 is 26.8 Å². The van der Waals surface area contributed by atoms with Crippen molar-refractivity contribution in [2.45, 2.75) is 0 Å². The Morgan fingerprint density at radius 2 is 1.42 bits per heavy atom. The van der Waals surface area contributed by atoms with Crippen LogP contribution in [0.4, 0.5) is 11.4 Å². The number of aromatic hydroxyl groups is 2. The van der Waals surface area contributed by atoms with Crippen LogP contribution in [0.25, 0.3) is 11.1 Å². The Balaban J connectivity index is 2.62. The van der Waals surface area contributed by atoms with Crippen LogP contribution in [0.5, 0.6) is 11.5 Å². The van der Waals surface area contributed by atoms with E-state index >= 15 is 0 Å². The minimum absolute atomic E-state index is 0.0348. The number of benzene rings is 2. The molecule has 0 heterocycles. The van der Waals surface area contributed by atoms with E-state index in [0.717, 1.165) is 0 Å². The van der Waals surface area contributed by atoms with Crippen molar-refractivity contribution >= 4 is 17.3 Å². The molecule has 0 aliphatic rings. The quantitative estimate of drug-likeness (QED) is 0.317. The van der Waals surface area contributed by atoms with Gasteiger partial charge in [0.1, 0.15) is 11.5 Å². The second-order valence-corrected chi connectivity index (χ2v) is 4.01. The summed E-state index contributed by atoms with van der Waals surface area (Å²) in [6.45, 7) is 0. The van der Waals surface area contributed by atoms with Crippen LogP contribution in [0.2, 0.25) is 0 Å². The second-order valence-electron chi connectivity index (χ2n) is 4.01. The third-order valence-electron chi connectivity index (χ3n) is 2.75. The highest BCUT2D eigenvalue weighted by molar-refractivity contribution is 5.91. The molecule has 0 atom stereocenters. The number of hydrogen-bond acceptors (Lipinski definition) is 5. The van der Waals surface area contributed by atoms with Crippen LogP contribution in [0.15, 0.2) is 30.3 Å². The Morgan fingerprint density at radius 1 is 0.947 bits per heavy atom. The molecule has 6 heteroatoms. The number of carboxylic acids is 1. The molecule has 19 heavy (non-hydrogen) atoms. The number of carbonyl (C=O) groups is 1. The summed E-state index contributed by atoms with van der Waals surface area (Å²) in [5.74, 6) is -1.66. The first-order valence-corrected chi connectivity index (χ1v) is 5.35. The number of nitrogen functional groups attached to an aromatic ring is 2. The summed E-state index contributed by atoms with van der Waals surface area (Å²) in [5, 5.41) is 28.6. The lowest BCUT2D eigenvalue weighted by Gasteiger charge is -2.12. The molecule has 98 valence electrons. The van der Waals surface area contributed by atoms with E-state index in [4.69, 9.17) is 16.6 Å². The van der Waals surface area contributed by atoms with Crippen molar-refractivity contribution in [3.63, 3.8) is 0 Å². The van der Waals surface area contributed by atoms with Crippen LogP contribution in [0, 0.1) is 0 Å². The van der Waals surface area contributed by atoms with Gasteiger partial charge in [-0.25, -0.2) is 4.79 Å². The predicted octanol–water partition coefficient (Wildman–Crippen LogP) is 1.63. The molecule has 0 unspecified atom stereocenters. The Labute approximate surface area is 108 Å². The molecule has 2 aromatic rings. The number of anilines is 2. The van der Waals surface area contributed by atoms with Gasteiger partial charge in [-0.2, -0.15) is 0 Å². The van der Waals surface area contributed by atoms with Crippen LogP contribution < -0.4 is 11.5 Å². The number of rotatable bonds is 2. The van der Waals surface area contributed by atoms with Gasteiger partial charge in [0.15, 0.2) is 0 Å². The highest BCUT2D eigenvalue weighted by atomic mass is 16.4. The molecule has 0 bridgehead atoms.